The molecule has 0 saturated heterocycles. The van der Waals surface area contributed by atoms with Gasteiger partial charge < -0.3 is 16.2 Å². The lowest BCUT2D eigenvalue weighted by atomic mass is 9.83. The number of rotatable bonds is 6. The number of hydrogen-bond donors (Lipinski definition) is 3. The lowest BCUT2D eigenvalue weighted by molar-refractivity contribution is 0.0850. The fraction of sp³-hybridized carbons (Fsp3) is 0.500. The molecule has 0 bridgehead atoms. The molecule has 20 heavy (non-hydrogen) atoms. The van der Waals surface area contributed by atoms with Crippen LogP contribution in [-0.4, -0.2) is 24.2 Å². The average Bonchev–Trinajstić information content (AvgIpc) is 2.44. The molecular weight excluding hydrogens is 327 g/mol. The number of carbonyl (C=O) groups excluding carboxylic acids is 1. The van der Waals surface area contributed by atoms with Crippen molar-refractivity contribution < 1.29 is 14.3 Å². The summed E-state index contributed by atoms with van der Waals surface area (Å²) in [7, 11) is 0. The number of amides is 1. The van der Waals surface area contributed by atoms with Crippen molar-refractivity contribution in [1.29, 1.82) is 0 Å². The molecule has 6 heteroatoms. The topological polar surface area (TPSA) is 75.3 Å². The zero-order valence-electron chi connectivity index (χ0n) is 11.7. The molecule has 1 amide bonds. The zero-order chi connectivity index (χ0) is 15.3. The highest BCUT2D eigenvalue weighted by atomic mass is 79.9. The molecule has 0 fully saturated rings. The van der Waals surface area contributed by atoms with E-state index in [4.69, 9.17) is 5.73 Å². The van der Waals surface area contributed by atoms with Gasteiger partial charge in [-0.3, -0.25) is 4.79 Å². The minimum absolute atomic E-state index is 0.00695. The minimum atomic E-state index is -0.569. The van der Waals surface area contributed by atoms with Gasteiger partial charge in [0.1, 0.15) is 5.82 Å². The lowest BCUT2D eigenvalue weighted by Gasteiger charge is -2.29. The van der Waals surface area contributed by atoms with Crippen LogP contribution in [0.15, 0.2) is 16.6 Å². The predicted octanol–water partition coefficient (Wildman–Crippen LogP) is 2.70. The van der Waals surface area contributed by atoms with Crippen LogP contribution >= 0.6 is 15.9 Å². The third kappa shape index (κ3) is 3.70. The molecule has 4 nitrogen and oxygen atoms in total. The van der Waals surface area contributed by atoms with Crippen LogP contribution in [-0.2, 0) is 0 Å². The molecule has 0 heterocycles. The molecule has 0 aliphatic carbocycles. The van der Waals surface area contributed by atoms with Crippen molar-refractivity contribution in [3.63, 3.8) is 0 Å². The van der Waals surface area contributed by atoms with Crippen LogP contribution in [0.3, 0.4) is 0 Å². The van der Waals surface area contributed by atoms with Gasteiger partial charge in [0, 0.05) is 16.4 Å². The maximum Gasteiger partial charge on any atom is 0.252 e. The SMILES string of the molecule is CCC(CC)(CO)CNC(=O)c1cc(N)c(F)cc1Br. The van der Waals surface area contributed by atoms with Gasteiger partial charge in [0.25, 0.3) is 5.91 Å². The van der Waals surface area contributed by atoms with Gasteiger partial charge in [-0.05, 0) is 40.9 Å². The number of carbonyl (C=O) groups is 1. The fourth-order valence-corrected chi connectivity index (χ4v) is 2.38. The summed E-state index contributed by atoms with van der Waals surface area (Å²) in [6.07, 6.45) is 1.51. The Morgan fingerprint density at radius 1 is 1.45 bits per heavy atom. The van der Waals surface area contributed by atoms with E-state index < -0.39 is 5.82 Å². The van der Waals surface area contributed by atoms with E-state index in [2.05, 4.69) is 21.2 Å². The second kappa shape index (κ2) is 7.04. The normalized spacial score (nSPS) is 11.4. The van der Waals surface area contributed by atoms with Crippen LogP contribution in [0, 0.1) is 11.2 Å². The van der Waals surface area contributed by atoms with Crippen LogP contribution in [0.5, 0.6) is 0 Å². The molecule has 0 saturated carbocycles. The molecule has 0 aliphatic heterocycles. The van der Waals surface area contributed by atoms with E-state index in [1.54, 1.807) is 0 Å². The molecule has 0 aliphatic rings. The summed E-state index contributed by atoms with van der Waals surface area (Å²) in [5, 5.41) is 12.2. The molecule has 4 N–H and O–H groups in total. The van der Waals surface area contributed by atoms with Crippen molar-refractivity contribution in [1.82, 2.24) is 5.32 Å². The first-order chi connectivity index (χ1) is 9.39. The van der Waals surface area contributed by atoms with Crippen LogP contribution in [0.25, 0.3) is 0 Å². The second-order valence-electron chi connectivity index (χ2n) is 4.90. The summed E-state index contributed by atoms with van der Waals surface area (Å²) in [6.45, 7) is 4.31. The highest BCUT2D eigenvalue weighted by molar-refractivity contribution is 9.10. The first-order valence-corrected chi connectivity index (χ1v) is 7.32. The molecule has 1 rings (SSSR count). The number of halogens is 2. The van der Waals surface area contributed by atoms with Crippen molar-refractivity contribution >= 4 is 27.5 Å². The van der Waals surface area contributed by atoms with Crippen molar-refractivity contribution in [2.24, 2.45) is 5.41 Å². The Hall–Kier alpha value is -1.14. The molecule has 0 atom stereocenters. The van der Waals surface area contributed by atoms with Crippen LogP contribution in [0.2, 0.25) is 0 Å². The van der Waals surface area contributed by atoms with Crippen molar-refractivity contribution in [3.05, 3.63) is 28.0 Å². The van der Waals surface area contributed by atoms with Gasteiger partial charge in [-0.2, -0.15) is 0 Å². The number of hydrogen-bond acceptors (Lipinski definition) is 3. The van der Waals surface area contributed by atoms with E-state index in [-0.39, 0.29) is 29.2 Å². The highest BCUT2D eigenvalue weighted by Gasteiger charge is 2.26. The predicted molar refractivity (Wildman–Crippen MR) is 80.9 cm³/mol. The standard InChI is InChI=1S/C14H20BrFN2O2/c1-3-14(4-2,8-19)7-18-13(20)9-5-12(17)11(16)6-10(9)15/h5-6,19H,3-4,7-8,17H2,1-2H3,(H,18,20). The quantitative estimate of drug-likeness (QED) is 0.693. The highest BCUT2D eigenvalue weighted by Crippen LogP contribution is 2.26. The summed E-state index contributed by atoms with van der Waals surface area (Å²) in [6, 6.07) is 2.47. The van der Waals surface area contributed by atoms with Gasteiger partial charge >= 0.3 is 0 Å². The summed E-state index contributed by atoms with van der Waals surface area (Å²) in [5.74, 6) is -0.913. The molecule has 0 radical (unpaired) electrons. The van der Waals surface area contributed by atoms with Crippen LogP contribution < -0.4 is 11.1 Å². The Morgan fingerprint density at radius 3 is 2.55 bits per heavy atom. The number of benzene rings is 1. The summed E-state index contributed by atoms with van der Waals surface area (Å²) in [5.41, 5.74) is 5.36. The Bertz CT molecular complexity index is 482. The molecular formula is C14H20BrFN2O2. The molecule has 0 aromatic heterocycles. The number of aliphatic hydroxyl groups is 1. The average molecular weight is 347 g/mol. The first kappa shape index (κ1) is 16.9. The second-order valence-corrected chi connectivity index (χ2v) is 5.76. The maximum atomic E-state index is 13.2. The third-order valence-electron chi connectivity index (χ3n) is 3.79. The molecule has 1 aromatic carbocycles. The Morgan fingerprint density at radius 2 is 2.05 bits per heavy atom. The Balaban J connectivity index is 2.85. The van der Waals surface area contributed by atoms with E-state index in [1.165, 1.54) is 12.1 Å². The van der Waals surface area contributed by atoms with Gasteiger partial charge in [-0.25, -0.2) is 4.39 Å². The molecule has 0 unspecified atom stereocenters. The van der Waals surface area contributed by atoms with Gasteiger partial charge in [0.2, 0.25) is 0 Å². The lowest BCUT2D eigenvalue weighted by Crippen LogP contribution is -2.39. The summed E-state index contributed by atoms with van der Waals surface area (Å²) >= 11 is 3.15. The van der Waals surface area contributed by atoms with E-state index in [1.807, 2.05) is 13.8 Å². The van der Waals surface area contributed by atoms with Gasteiger partial charge in [-0.1, -0.05) is 13.8 Å². The number of anilines is 1. The zero-order valence-corrected chi connectivity index (χ0v) is 13.3. The molecule has 112 valence electrons. The number of nitrogens with one attached hydrogen (secondary N) is 1. The first-order valence-electron chi connectivity index (χ1n) is 6.52. The van der Waals surface area contributed by atoms with E-state index >= 15 is 0 Å². The van der Waals surface area contributed by atoms with Gasteiger partial charge in [0.15, 0.2) is 0 Å². The van der Waals surface area contributed by atoms with Crippen molar-refractivity contribution in [3.8, 4) is 0 Å². The Labute approximate surface area is 126 Å². The van der Waals surface area contributed by atoms with E-state index in [9.17, 15) is 14.3 Å². The van der Waals surface area contributed by atoms with Crippen LogP contribution in [0.1, 0.15) is 37.0 Å². The summed E-state index contributed by atoms with van der Waals surface area (Å²) < 4.78 is 13.6. The molecule has 1 aromatic rings. The minimum Gasteiger partial charge on any atom is -0.396 e. The fourth-order valence-electron chi connectivity index (χ4n) is 1.88. The van der Waals surface area contributed by atoms with E-state index in [0.29, 0.717) is 11.0 Å². The number of nitrogens with two attached hydrogens (primary N) is 1. The maximum absolute atomic E-state index is 13.2. The summed E-state index contributed by atoms with van der Waals surface area (Å²) in [4.78, 5) is 12.1. The molecule has 0 spiro atoms. The Kier molecular flexibility index (Phi) is 5.95. The van der Waals surface area contributed by atoms with Crippen molar-refractivity contribution in [2.45, 2.75) is 26.7 Å². The largest absolute Gasteiger partial charge is 0.396 e. The number of nitrogen functional groups attached to an aromatic ring is 1. The third-order valence-corrected chi connectivity index (χ3v) is 4.45. The smallest absolute Gasteiger partial charge is 0.252 e. The van der Waals surface area contributed by atoms with Crippen molar-refractivity contribution in [2.75, 3.05) is 18.9 Å². The van der Waals surface area contributed by atoms with Gasteiger partial charge in [-0.15, -0.1) is 0 Å². The monoisotopic (exact) mass is 346 g/mol. The van der Waals surface area contributed by atoms with E-state index in [0.717, 1.165) is 12.8 Å². The number of aliphatic hydroxyl groups excluding tert-OH is 1. The van der Waals surface area contributed by atoms with Crippen LogP contribution in [0.4, 0.5) is 10.1 Å². The van der Waals surface area contributed by atoms with Gasteiger partial charge in [0.05, 0.1) is 17.9 Å².